The molecule has 20 heavy (non-hydrogen) atoms. The van der Waals surface area contributed by atoms with Crippen molar-refractivity contribution in [1.29, 1.82) is 0 Å². The van der Waals surface area contributed by atoms with Crippen molar-refractivity contribution in [3.05, 3.63) is 29.8 Å². The van der Waals surface area contributed by atoms with Crippen molar-refractivity contribution in [3.63, 3.8) is 0 Å². The van der Waals surface area contributed by atoms with E-state index in [1.807, 2.05) is 14.0 Å². The van der Waals surface area contributed by atoms with Gasteiger partial charge >= 0.3 is 0 Å². The molecule has 0 aliphatic carbocycles. The molecule has 1 heterocycles. The van der Waals surface area contributed by atoms with E-state index in [0.717, 1.165) is 11.9 Å². The van der Waals surface area contributed by atoms with E-state index in [-0.39, 0.29) is 17.3 Å². The summed E-state index contributed by atoms with van der Waals surface area (Å²) < 4.78 is 14.7. The highest BCUT2D eigenvalue weighted by atomic mass is 32.2. The van der Waals surface area contributed by atoms with Crippen molar-refractivity contribution >= 4 is 29.0 Å². The molecule has 3 N–H and O–H groups in total. The molecule has 0 atom stereocenters. The number of hydrogen-bond donors (Lipinski definition) is 2. The molecule has 6 nitrogen and oxygen atoms in total. The van der Waals surface area contributed by atoms with Gasteiger partial charge in [0.15, 0.2) is 5.16 Å². The SMILES string of the molecule is Cc1nnc(SCC(=O)Nc2ccc(F)cc2N)n1C. The van der Waals surface area contributed by atoms with Crippen LogP contribution in [0.2, 0.25) is 0 Å². The number of aromatic nitrogens is 3. The molecule has 0 aliphatic heterocycles. The van der Waals surface area contributed by atoms with Gasteiger partial charge in [0.1, 0.15) is 11.6 Å². The third-order valence-electron chi connectivity index (χ3n) is 2.67. The molecule has 106 valence electrons. The second-order valence-electron chi connectivity index (χ2n) is 4.16. The first-order chi connectivity index (χ1) is 9.47. The first-order valence-electron chi connectivity index (χ1n) is 5.81. The number of halogens is 1. The summed E-state index contributed by atoms with van der Waals surface area (Å²) in [5.41, 5.74) is 6.20. The number of carbonyl (C=O) groups excluding carboxylic acids is 1. The fourth-order valence-corrected chi connectivity index (χ4v) is 2.23. The molecule has 0 aliphatic rings. The zero-order valence-corrected chi connectivity index (χ0v) is 11.9. The van der Waals surface area contributed by atoms with Gasteiger partial charge in [-0.1, -0.05) is 11.8 Å². The van der Waals surface area contributed by atoms with Crippen molar-refractivity contribution in [1.82, 2.24) is 14.8 Å². The Morgan fingerprint density at radius 3 is 2.85 bits per heavy atom. The van der Waals surface area contributed by atoms with E-state index in [2.05, 4.69) is 15.5 Å². The predicted octanol–water partition coefficient (Wildman–Crippen LogP) is 1.58. The number of benzene rings is 1. The van der Waals surface area contributed by atoms with Gasteiger partial charge < -0.3 is 15.6 Å². The molecule has 0 spiro atoms. The van der Waals surface area contributed by atoms with Crippen molar-refractivity contribution in [2.24, 2.45) is 7.05 Å². The van der Waals surface area contributed by atoms with E-state index in [4.69, 9.17) is 5.73 Å². The number of thioether (sulfide) groups is 1. The third-order valence-corrected chi connectivity index (χ3v) is 3.69. The average molecular weight is 295 g/mol. The monoisotopic (exact) mass is 295 g/mol. The van der Waals surface area contributed by atoms with Crippen molar-refractivity contribution in [3.8, 4) is 0 Å². The Balaban J connectivity index is 1.94. The minimum Gasteiger partial charge on any atom is -0.397 e. The average Bonchev–Trinajstić information content (AvgIpc) is 2.71. The van der Waals surface area contributed by atoms with Crippen molar-refractivity contribution in [2.75, 3.05) is 16.8 Å². The fraction of sp³-hybridized carbons (Fsp3) is 0.250. The number of amides is 1. The Morgan fingerprint density at radius 1 is 1.50 bits per heavy atom. The summed E-state index contributed by atoms with van der Waals surface area (Å²) in [5.74, 6) is 0.261. The third kappa shape index (κ3) is 3.27. The maximum atomic E-state index is 12.9. The van der Waals surface area contributed by atoms with Gasteiger partial charge in [-0.15, -0.1) is 10.2 Å². The lowest BCUT2D eigenvalue weighted by Crippen LogP contribution is -2.15. The van der Waals surface area contributed by atoms with Crippen molar-refractivity contribution in [2.45, 2.75) is 12.1 Å². The van der Waals surface area contributed by atoms with E-state index in [1.54, 1.807) is 4.57 Å². The van der Waals surface area contributed by atoms with Crippen LogP contribution >= 0.6 is 11.8 Å². The van der Waals surface area contributed by atoms with Crippen LogP contribution in [-0.2, 0) is 11.8 Å². The summed E-state index contributed by atoms with van der Waals surface area (Å²) >= 11 is 1.27. The predicted molar refractivity (Wildman–Crippen MR) is 75.9 cm³/mol. The number of nitrogens with one attached hydrogen (secondary N) is 1. The Bertz CT molecular complexity index is 643. The highest BCUT2D eigenvalue weighted by Gasteiger charge is 2.10. The Labute approximate surface area is 119 Å². The maximum absolute atomic E-state index is 12.9. The lowest BCUT2D eigenvalue weighted by molar-refractivity contribution is -0.113. The van der Waals surface area contributed by atoms with Crippen LogP contribution in [0.1, 0.15) is 5.82 Å². The summed E-state index contributed by atoms with van der Waals surface area (Å²) in [6.07, 6.45) is 0. The van der Waals surface area contributed by atoms with Crippen LogP contribution in [0.15, 0.2) is 23.4 Å². The highest BCUT2D eigenvalue weighted by Crippen LogP contribution is 2.20. The Hall–Kier alpha value is -2.09. The standard InChI is InChI=1S/C12H14FN5OS/c1-7-16-17-12(18(7)2)20-6-11(19)15-10-4-3-8(13)5-9(10)14/h3-5H,6,14H2,1-2H3,(H,15,19). The van der Waals surface area contributed by atoms with Crippen LogP contribution in [-0.4, -0.2) is 26.4 Å². The normalized spacial score (nSPS) is 10.6. The quantitative estimate of drug-likeness (QED) is 0.660. The first kappa shape index (κ1) is 14.3. The highest BCUT2D eigenvalue weighted by molar-refractivity contribution is 7.99. The van der Waals surface area contributed by atoms with Crippen molar-refractivity contribution < 1.29 is 9.18 Å². The summed E-state index contributed by atoms with van der Waals surface area (Å²) in [6.45, 7) is 1.83. The van der Waals surface area contributed by atoms with E-state index in [0.29, 0.717) is 10.8 Å². The van der Waals surface area contributed by atoms with Gasteiger partial charge in [-0.05, 0) is 25.1 Å². The van der Waals surface area contributed by atoms with Gasteiger partial charge in [-0.25, -0.2) is 4.39 Å². The molecule has 0 unspecified atom stereocenters. The van der Waals surface area contributed by atoms with Crippen LogP contribution in [0.4, 0.5) is 15.8 Å². The number of carbonyl (C=O) groups is 1. The summed E-state index contributed by atoms with van der Waals surface area (Å²) in [5, 5.41) is 11.1. The van der Waals surface area contributed by atoms with Crippen LogP contribution in [0.3, 0.4) is 0 Å². The fourth-order valence-electron chi connectivity index (χ4n) is 1.48. The molecule has 8 heteroatoms. The molecular formula is C12H14FN5OS. The zero-order chi connectivity index (χ0) is 14.7. The maximum Gasteiger partial charge on any atom is 0.234 e. The molecule has 1 aromatic heterocycles. The second kappa shape index (κ2) is 5.91. The van der Waals surface area contributed by atoms with Gasteiger partial charge in [-0.3, -0.25) is 4.79 Å². The summed E-state index contributed by atoms with van der Waals surface area (Å²) in [4.78, 5) is 11.8. The largest absolute Gasteiger partial charge is 0.397 e. The lowest BCUT2D eigenvalue weighted by Gasteiger charge is -2.07. The molecule has 2 rings (SSSR count). The number of hydrogen-bond acceptors (Lipinski definition) is 5. The Kier molecular flexibility index (Phi) is 4.23. The summed E-state index contributed by atoms with van der Waals surface area (Å²) in [7, 11) is 1.83. The van der Waals surface area contributed by atoms with Gasteiger partial charge in [0.2, 0.25) is 5.91 Å². The van der Waals surface area contributed by atoms with Gasteiger partial charge in [0, 0.05) is 7.05 Å². The summed E-state index contributed by atoms with van der Waals surface area (Å²) in [6, 6.07) is 3.83. The number of nitrogens with two attached hydrogens (primary N) is 1. The van der Waals surface area contributed by atoms with Gasteiger partial charge in [0.05, 0.1) is 17.1 Å². The van der Waals surface area contributed by atoms with E-state index >= 15 is 0 Å². The van der Waals surface area contributed by atoms with E-state index in [9.17, 15) is 9.18 Å². The molecular weight excluding hydrogens is 281 g/mol. The molecule has 0 saturated heterocycles. The topological polar surface area (TPSA) is 85.8 Å². The second-order valence-corrected chi connectivity index (χ2v) is 5.10. The zero-order valence-electron chi connectivity index (χ0n) is 11.1. The van der Waals surface area contributed by atoms with Crippen LogP contribution in [0.25, 0.3) is 0 Å². The van der Waals surface area contributed by atoms with Gasteiger partial charge in [0.25, 0.3) is 0 Å². The van der Waals surface area contributed by atoms with Crippen LogP contribution < -0.4 is 11.1 Å². The minimum atomic E-state index is -0.440. The minimum absolute atomic E-state index is 0.169. The number of anilines is 2. The van der Waals surface area contributed by atoms with Crippen LogP contribution in [0, 0.1) is 12.7 Å². The Morgan fingerprint density at radius 2 is 2.25 bits per heavy atom. The number of nitrogens with zero attached hydrogens (tertiary/aromatic N) is 3. The molecule has 0 radical (unpaired) electrons. The molecule has 0 saturated carbocycles. The molecule has 0 bridgehead atoms. The molecule has 0 fully saturated rings. The molecule has 1 amide bonds. The van der Waals surface area contributed by atoms with Crippen LogP contribution in [0.5, 0.6) is 0 Å². The van der Waals surface area contributed by atoms with E-state index < -0.39 is 5.82 Å². The number of aryl methyl sites for hydroxylation is 1. The molecule has 2 aromatic rings. The molecule has 1 aromatic carbocycles. The van der Waals surface area contributed by atoms with Gasteiger partial charge in [-0.2, -0.15) is 0 Å². The first-order valence-corrected chi connectivity index (χ1v) is 6.79. The van der Waals surface area contributed by atoms with E-state index in [1.165, 1.54) is 23.9 Å². The lowest BCUT2D eigenvalue weighted by atomic mass is 10.2. The number of rotatable bonds is 4. The smallest absolute Gasteiger partial charge is 0.234 e. The number of nitrogen functional groups attached to an aromatic ring is 1.